The lowest BCUT2D eigenvalue weighted by atomic mass is 9.81. The van der Waals surface area contributed by atoms with Crippen LogP contribution in [-0.4, -0.2) is 48.8 Å². The zero-order valence-electron chi connectivity index (χ0n) is 20.3. The maximum atomic E-state index is 13.2. The first-order valence-corrected chi connectivity index (χ1v) is 11.9. The van der Waals surface area contributed by atoms with E-state index in [2.05, 4.69) is 19.9 Å². The largest absolute Gasteiger partial charge is 0.493 e. The Bertz CT molecular complexity index is 978. The van der Waals surface area contributed by atoms with E-state index in [9.17, 15) is 4.79 Å². The normalized spacial score (nSPS) is 19.4. The molecular weight excluding hydrogens is 418 g/mol. The summed E-state index contributed by atoms with van der Waals surface area (Å²) in [6.45, 7) is 9.34. The monoisotopic (exact) mass is 453 g/mol. The molecule has 0 aromatic heterocycles. The van der Waals surface area contributed by atoms with Crippen molar-refractivity contribution in [3.05, 3.63) is 53.6 Å². The van der Waals surface area contributed by atoms with Crippen molar-refractivity contribution in [3.8, 4) is 17.2 Å². The number of hydrogen-bond acceptors (Lipinski definition) is 5. The van der Waals surface area contributed by atoms with Gasteiger partial charge in [-0.15, -0.1) is 0 Å². The predicted molar refractivity (Wildman–Crippen MR) is 127 cm³/mol. The first kappa shape index (κ1) is 23.4. The van der Waals surface area contributed by atoms with Crippen LogP contribution in [0.15, 0.2) is 42.5 Å². The molecule has 4 rings (SSSR count). The summed E-state index contributed by atoms with van der Waals surface area (Å²) in [5.41, 5.74) is 1.41. The van der Waals surface area contributed by atoms with E-state index >= 15 is 0 Å². The summed E-state index contributed by atoms with van der Waals surface area (Å²) < 4.78 is 24.0. The number of amides is 1. The minimum atomic E-state index is -0.308. The topological polar surface area (TPSA) is 57.2 Å². The molecule has 2 heterocycles. The van der Waals surface area contributed by atoms with Crippen molar-refractivity contribution in [2.24, 2.45) is 0 Å². The quantitative estimate of drug-likeness (QED) is 0.586. The molecule has 2 aliphatic rings. The lowest BCUT2D eigenvalue weighted by molar-refractivity contribution is -0.0872. The molecule has 1 amide bonds. The second kappa shape index (κ2) is 9.64. The fraction of sp³-hybridized carbons (Fsp3) is 0.519. The molecule has 0 bridgehead atoms. The molecule has 6 heteroatoms. The minimum Gasteiger partial charge on any atom is -0.493 e. The van der Waals surface area contributed by atoms with Crippen molar-refractivity contribution in [2.75, 3.05) is 20.2 Å². The van der Waals surface area contributed by atoms with Crippen molar-refractivity contribution in [1.82, 2.24) is 4.90 Å². The number of fused-ring (bicyclic) bond motifs is 1. The standard InChI is InChI=1S/C27H35NO5/c1-18(2)31-23-11-10-20(16-24(23)30-5)26(29)28-14-12-27(13-15-28)17-25(32-19(3)4)21-8-6-7-9-22(21)33-27/h6-11,16,18-19,25H,12-15,17H2,1-5H3/t25-/m1/s1. The Hall–Kier alpha value is -2.73. The fourth-order valence-corrected chi connectivity index (χ4v) is 4.77. The average molecular weight is 454 g/mol. The number of ether oxygens (including phenoxy) is 4. The van der Waals surface area contributed by atoms with Gasteiger partial charge in [0.15, 0.2) is 11.5 Å². The molecule has 6 nitrogen and oxygen atoms in total. The third-order valence-electron chi connectivity index (χ3n) is 6.32. The van der Waals surface area contributed by atoms with Gasteiger partial charge in [-0.05, 0) is 52.0 Å². The van der Waals surface area contributed by atoms with Gasteiger partial charge in [-0.25, -0.2) is 0 Å². The van der Waals surface area contributed by atoms with E-state index in [1.165, 1.54) is 0 Å². The van der Waals surface area contributed by atoms with Gasteiger partial charge in [-0.1, -0.05) is 18.2 Å². The summed E-state index contributed by atoms with van der Waals surface area (Å²) in [5.74, 6) is 2.13. The number of benzene rings is 2. The van der Waals surface area contributed by atoms with Crippen LogP contribution in [0.5, 0.6) is 17.2 Å². The summed E-state index contributed by atoms with van der Waals surface area (Å²) in [4.78, 5) is 15.2. The van der Waals surface area contributed by atoms with Crippen molar-refractivity contribution in [2.45, 2.75) is 70.9 Å². The van der Waals surface area contributed by atoms with Crippen molar-refractivity contribution in [1.29, 1.82) is 0 Å². The maximum absolute atomic E-state index is 13.2. The highest BCUT2D eigenvalue weighted by Crippen LogP contribution is 2.46. The van der Waals surface area contributed by atoms with E-state index in [1.54, 1.807) is 13.2 Å². The van der Waals surface area contributed by atoms with E-state index < -0.39 is 0 Å². The second-order valence-corrected chi connectivity index (χ2v) is 9.52. The molecule has 1 spiro atoms. The fourth-order valence-electron chi connectivity index (χ4n) is 4.77. The lowest BCUT2D eigenvalue weighted by Crippen LogP contribution is -2.52. The molecular formula is C27H35NO5. The van der Waals surface area contributed by atoms with Gasteiger partial charge >= 0.3 is 0 Å². The van der Waals surface area contributed by atoms with Gasteiger partial charge in [0.05, 0.1) is 25.4 Å². The SMILES string of the molecule is COc1cc(C(=O)N2CCC3(CC2)C[C@@H](OC(C)C)c2ccccc2O3)ccc1OC(C)C. The number of carbonyl (C=O) groups is 1. The van der Waals surface area contributed by atoms with Crippen LogP contribution in [-0.2, 0) is 4.74 Å². The van der Waals surface area contributed by atoms with E-state index in [0.717, 1.165) is 30.6 Å². The first-order chi connectivity index (χ1) is 15.8. The summed E-state index contributed by atoms with van der Waals surface area (Å²) in [6.07, 6.45) is 2.53. The molecule has 2 aliphatic heterocycles. The van der Waals surface area contributed by atoms with Crippen LogP contribution in [0.1, 0.15) is 69.0 Å². The molecule has 0 unspecified atom stereocenters. The molecule has 0 N–H and O–H groups in total. The Balaban J connectivity index is 1.47. The molecule has 0 saturated carbocycles. The van der Waals surface area contributed by atoms with E-state index in [1.807, 2.05) is 49.1 Å². The van der Waals surface area contributed by atoms with Gasteiger partial charge in [0, 0.05) is 43.5 Å². The summed E-state index contributed by atoms with van der Waals surface area (Å²) in [5, 5.41) is 0. The molecule has 1 atom stereocenters. The minimum absolute atomic E-state index is 0.00503. The van der Waals surface area contributed by atoms with Crippen molar-refractivity contribution in [3.63, 3.8) is 0 Å². The van der Waals surface area contributed by atoms with Gasteiger partial charge in [0.2, 0.25) is 0 Å². The number of para-hydroxylation sites is 1. The Labute approximate surface area is 196 Å². The molecule has 1 fully saturated rings. The average Bonchev–Trinajstić information content (AvgIpc) is 2.78. The number of hydrogen-bond donors (Lipinski definition) is 0. The number of nitrogens with zero attached hydrogens (tertiary/aromatic N) is 1. The zero-order valence-corrected chi connectivity index (χ0v) is 20.3. The smallest absolute Gasteiger partial charge is 0.253 e. The van der Waals surface area contributed by atoms with Crippen molar-refractivity contribution < 1.29 is 23.7 Å². The van der Waals surface area contributed by atoms with Crippen LogP contribution in [0.25, 0.3) is 0 Å². The van der Waals surface area contributed by atoms with Gasteiger partial charge in [-0.3, -0.25) is 4.79 Å². The second-order valence-electron chi connectivity index (χ2n) is 9.52. The number of carbonyl (C=O) groups excluding carboxylic acids is 1. The highest BCUT2D eigenvalue weighted by atomic mass is 16.5. The highest BCUT2D eigenvalue weighted by molar-refractivity contribution is 5.95. The van der Waals surface area contributed by atoms with Crippen LogP contribution in [0.4, 0.5) is 0 Å². The van der Waals surface area contributed by atoms with E-state index in [4.69, 9.17) is 18.9 Å². The number of likely N-dealkylation sites (tertiary alicyclic amines) is 1. The predicted octanol–water partition coefficient (Wildman–Crippen LogP) is 5.41. The third-order valence-corrected chi connectivity index (χ3v) is 6.32. The first-order valence-electron chi connectivity index (χ1n) is 11.9. The Morgan fingerprint density at radius 1 is 1.03 bits per heavy atom. The molecule has 0 radical (unpaired) electrons. The number of methoxy groups -OCH3 is 1. The Morgan fingerprint density at radius 3 is 2.42 bits per heavy atom. The molecule has 1 saturated heterocycles. The molecule has 2 aromatic carbocycles. The Kier molecular flexibility index (Phi) is 6.84. The van der Waals surface area contributed by atoms with E-state index in [0.29, 0.717) is 30.2 Å². The van der Waals surface area contributed by atoms with Crippen LogP contribution >= 0.6 is 0 Å². The van der Waals surface area contributed by atoms with Crippen molar-refractivity contribution >= 4 is 5.91 Å². The van der Waals surface area contributed by atoms with E-state index in [-0.39, 0.29) is 29.8 Å². The zero-order chi connectivity index (χ0) is 23.6. The van der Waals surface area contributed by atoms with Crippen LogP contribution < -0.4 is 14.2 Å². The summed E-state index contributed by atoms with van der Waals surface area (Å²) in [6, 6.07) is 13.5. The number of rotatable bonds is 6. The summed E-state index contributed by atoms with van der Waals surface area (Å²) >= 11 is 0. The molecule has 2 aromatic rings. The van der Waals surface area contributed by atoms with Crippen LogP contribution in [0, 0.1) is 0 Å². The highest BCUT2D eigenvalue weighted by Gasteiger charge is 2.44. The van der Waals surface area contributed by atoms with Gasteiger partial charge < -0.3 is 23.8 Å². The van der Waals surface area contributed by atoms with Crippen LogP contribution in [0.2, 0.25) is 0 Å². The molecule has 178 valence electrons. The maximum Gasteiger partial charge on any atom is 0.253 e. The molecule has 0 aliphatic carbocycles. The summed E-state index contributed by atoms with van der Waals surface area (Å²) in [7, 11) is 1.59. The van der Waals surface area contributed by atoms with Gasteiger partial charge in [-0.2, -0.15) is 0 Å². The number of piperidine rings is 1. The van der Waals surface area contributed by atoms with Gasteiger partial charge in [0.25, 0.3) is 5.91 Å². The van der Waals surface area contributed by atoms with Crippen LogP contribution in [0.3, 0.4) is 0 Å². The van der Waals surface area contributed by atoms with Gasteiger partial charge in [0.1, 0.15) is 11.4 Å². The molecule has 33 heavy (non-hydrogen) atoms. The lowest BCUT2D eigenvalue weighted by Gasteiger charge is -2.47. The third kappa shape index (κ3) is 5.11. The Morgan fingerprint density at radius 2 is 1.76 bits per heavy atom.